The van der Waals surface area contributed by atoms with Gasteiger partial charge in [0.15, 0.2) is 0 Å². The average Bonchev–Trinajstić information content (AvgIpc) is 2.92. The van der Waals surface area contributed by atoms with Gasteiger partial charge in [-0.05, 0) is 42.0 Å². The van der Waals surface area contributed by atoms with E-state index in [4.69, 9.17) is 28.2 Å². The summed E-state index contributed by atoms with van der Waals surface area (Å²) in [6.07, 6.45) is 4.18. The van der Waals surface area contributed by atoms with Crippen molar-refractivity contribution in [1.82, 2.24) is 0 Å². The van der Waals surface area contributed by atoms with Crippen molar-refractivity contribution in [3.8, 4) is 0 Å². The molecule has 0 amide bonds. The van der Waals surface area contributed by atoms with Gasteiger partial charge in [-0.1, -0.05) is 65.7 Å². The molecule has 0 saturated heterocycles. The second-order valence-electron chi connectivity index (χ2n) is 7.11. The first-order valence-corrected chi connectivity index (χ1v) is 11.5. The van der Waals surface area contributed by atoms with E-state index in [1.54, 1.807) is 11.8 Å². The third-order valence-corrected chi connectivity index (χ3v) is 6.76. The fourth-order valence-corrected chi connectivity index (χ4v) is 4.84. The molecule has 1 heterocycles. The minimum atomic E-state index is 0.743. The Hall–Kier alpha value is -2.20. The SMILES string of the molecule is CN1CCN=C(/C=C/c2c(Cl)cccc2SCc2ccc(Cl)cc2)c2ccccc21. The van der Waals surface area contributed by atoms with Crippen molar-refractivity contribution in [2.45, 2.75) is 10.6 Å². The minimum Gasteiger partial charge on any atom is -0.372 e. The second kappa shape index (κ2) is 9.74. The summed E-state index contributed by atoms with van der Waals surface area (Å²) in [5.41, 5.74) is 5.59. The van der Waals surface area contributed by atoms with E-state index in [-0.39, 0.29) is 0 Å². The van der Waals surface area contributed by atoms with Crippen LogP contribution in [0, 0.1) is 0 Å². The van der Waals surface area contributed by atoms with Crippen molar-refractivity contribution < 1.29 is 0 Å². The number of rotatable bonds is 5. The molecule has 0 atom stereocenters. The molecule has 0 saturated carbocycles. The minimum absolute atomic E-state index is 0.743. The zero-order chi connectivity index (χ0) is 20.9. The summed E-state index contributed by atoms with van der Waals surface area (Å²) in [6, 6.07) is 22.4. The summed E-state index contributed by atoms with van der Waals surface area (Å²) in [6.45, 7) is 1.67. The molecule has 0 spiro atoms. The highest BCUT2D eigenvalue weighted by Gasteiger charge is 2.14. The van der Waals surface area contributed by atoms with E-state index in [9.17, 15) is 0 Å². The lowest BCUT2D eigenvalue weighted by Crippen LogP contribution is -2.20. The lowest BCUT2D eigenvalue weighted by molar-refractivity contribution is 0.897. The zero-order valence-corrected chi connectivity index (χ0v) is 19.0. The molecule has 0 radical (unpaired) electrons. The fourth-order valence-electron chi connectivity index (χ4n) is 3.40. The molecule has 1 aliphatic heterocycles. The lowest BCUT2D eigenvalue weighted by Gasteiger charge is -2.18. The molecule has 0 N–H and O–H groups in total. The number of benzodiazepines with no additional fused rings is 1. The number of nitrogens with zero attached hydrogens (tertiary/aromatic N) is 2. The van der Waals surface area contributed by atoms with Gasteiger partial charge < -0.3 is 4.90 Å². The third kappa shape index (κ3) is 4.92. The maximum atomic E-state index is 6.58. The van der Waals surface area contributed by atoms with Gasteiger partial charge in [-0.15, -0.1) is 11.8 Å². The molecule has 3 aromatic carbocycles. The second-order valence-corrected chi connectivity index (χ2v) is 8.97. The largest absolute Gasteiger partial charge is 0.372 e. The summed E-state index contributed by atoms with van der Waals surface area (Å²) in [5.74, 6) is 0.854. The molecular weight excluding hydrogens is 431 g/mol. The molecule has 0 unspecified atom stereocenters. The van der Waals surface area contributed by atoms with E-state index in [1.807, 2.05) is 24.3 Å². The number of fused-ring (bicyclic) bond motifs is 1. The van der Waals surface area contributed by atoms with E-state index in [2.05, 4.69) is 66.6 Å². The Labute approximate surface area is 192 Å². The van der Waals surface area contributed by atoms with E-state index >= 15 is 0 Å². The molecule has 152 valence electrons. The quantitative estimate of drug-likeness (QED) is 0.379. The molecule has 1 aliphatic rings. The van der Waals surface area contributed by atoms with Gasteiger partial charge in [0, 0.05) is 51.1 Å². The number of aliphatic imine (C=N–C) groups is 1. The van der Waals surface area contributed by atoms with Crippen LogP contribution in [0.4, 0.5) is 5.69 Å². The van der Waals surface area contributed by atoms with Gasteiger partial charge in [0.1, 0.15) is 0 Å². The van der Waals surface area contributed by atoms with Crippen LogP contribution < -0.4 is 4.90 Å². The van der Waals surface area contributed by atoms with Crippen molar-refractivity contribution in [3.05, 3.63) is 99.5 Å². The lowest BCUT2D eigenvalue weighted by atomic mass is 10.1. The van der Waals surface area contributed by atoms with Gasteiger partial charge in [-0.3, -0.25) is 4.99 Å². The van der Waals surface area contributed by atoms with Crippen LogP contribution in [0.25, 0.3) is 6.08 Å². The Balaban J connectivity index is 1.60. The maximum Gasteiger partial charge on any atom is 0.0668 e. The normalized spacial score (nSPS) is 13.8. The topological polar surface area (TPSA) is 15.6 Å². The fraction of sp³-hybridized carbons (Fsp3) is 0.160. The molecule has 5 heteroatoms. The summed E-state index contributed by atoms with van der Waals surface area (Å²) in [4.78, 5) is 8.22. The summed E-state index contributed by atoms with van der Waals surface area (Å²) < 4.78 is 0. The molecule has 0 aromatic heterocycles. The molecule has 2 nitrogen and oxygen atoms in total. The van der Waals surface area contributed by atoms with Crippen LogP contribution in [0.5, 0.6) is 0 Å². The molecular formula is C25H22Cl2N2S. The van der Waals surface area contributed by atoms with E-state index in [0.717, 1.165) is 50.6 Å². The van der Waals surface area contributed by atoms with Crippen LogP contribution in [0.1, 0.15) is 16.7 Å². The van der Waals surface area contributed by atoms with Crippen molar-refractivity contribution in [2.75, 3.05) is 25.0 Å². The number of halogens is 2. The van der Waals surface area contributed by atoms with Crippen LogP contribution >= 0.6 is 35.0 Å². The highest BCUT2D eigenvalue weighted by molar-refractivity contribution is 7.98. The van der Waals surface area contributed by atoms with Crippen molar-refractivity contribution in [2.24, 2.45) is 4.99 Å². The Morgan fingerprint density at radius 3 is 2.60 bits per heavy atom. The Morgan fingerprint density at radius 2 is 1.77 bits per heavy atom. The number of likely N-dealkylation sites (N-methyl/N-ethyl adjacent to an activating group) is 1. The standard InChI is InChI=1S/C25H22Cl2N2S/c1-29-16-15-28-23(21-5-2-3-7-24(21)29)14-13-20-22(27)6-4-8-25(20)30-17-18-9-11-19(26)12-10-18/h2-14H,15-17H2,1H3/b14-13+. The third-order valence-electron chi connectivity index (χ3n) is 5.04. The van der Waals surface area contributed by atoms with Gasteiger partial charge >= 0.3 is 0 Å². The van der Waals surface area contributed by atoms with Gasteiger partial charge in [-0.2, -0.15) is 0 Å². The number of para-hydroxylation sites is 1. The van der Waals surface area contributed by atoms with Gasteiger partial charge in [0.25, 0.3) is 0 Å². The van der Waals surface area contributed by atoms with E-state index in [1.165, 1.54) is 11.3 Å². The molecule has 0 fully saturated rings. The summed E-state index contributed by atoms with van der Waals surface area (Å²) >= 11 is 14.3. The first-order chi connectivity index (χ1) is 14.6. The van der Waals surface area contributed by atoms with Crippen LogP contribution in [0.2, 0.25) is 10.0 Å². The number of allylic oxidation sites excluding steroid dienone is 1. The van der Waals surface area contributed by atoms with E-state index < -0.39 is 0 Å². The Kier molecular flexibility index (Phi) is 6.83. The number of benzene rings is 3. The summed E-state index contributed by atoms with van der Waals surface area (Å²) in [7, 11) is 2.11. The molecule has 3 aromatic rings. The van der Waals surface area contributed by atoms with Crippen LogP contribution in [0.15, 0.2) is 82.7 Å². The smallest absolute Gasteiger partial charge is 0.0668 e. The summed E-state index contributed by atoms with van der Waals surface area (Å²) in [5, 5.41) is 1.50. The number of hydrogen-bond acceptors (Lipinski definition) is 3. The van der Waals surface area contributed by atoms with Crippen molar-refractivity contribution >= 4 is 52.4 Å². The van der Waals surface area contributed by atoms with E-state index in [0.29, 0.717) is 0 Å². The van der Waals surface area contributed by atoms with Gasteiger partial charge in [0.2, 0.25) is 0 Å². The monoisotopic (exact) mass is 452 g/mol. The number of thioether (sulfide) groups is 1. The first-order valence-electron chi connectivity index (χ1n) is 9.80. The number of anilines is 1. The Morgan fingerprint density at radius 1 is 0.967 bits per heavy atom. The Bertz CT molecular complexity index is 1090. The van der Waals surface area contributed by atoms with Crippen molar-refractivity contribution in [1.29, 1.82) is 0 Å². The number of hydrogen-bond donors (Lipinski definition) is 0. The van der Waals surface area contributed by atoms with Crippen molar-refractivity contribution in [3.63, 3.8) is 0 Å². The molecule has 0 bridgehead atoms. The highest BCUT2D eigenvalue weighted by Crippen LogP contribution is 2.32. The molecule has 0 aliphatic carbocycles. The average molecular weight is 453 g/mol. The van der Waals surface area contributed by atoms with Crippen LogP contribution in [0.3, 0.4) is 0 Å². The first kappa shape index (κ1) is 21.0. The van der Waals surface area contributed by atoms with Gasteiger partial charge in [-0.25, -0.2) is 0 Å². The highest BCUT2D eigenvalue weighted by atomic mass is 35.5. The predicted octanol–water partition coefficient (Wildman–Crippen LogP) is 7.24. The maximum absolute atomic E-state index is 6.58. The predicted molar refractivity (Wildman–Crippen MR) is 133 cm³/mol. The molecule has 30 heavy (non-hydrogen) atoms. The molecule has 4 rings (SSSR count). The zero-order valence-electron chi connectivity index (χ0n) is 16.7. The van der Waals surface area contributed by atoms with Gasteiger partial charge in [0.05, 0.1) is 12.3 Å². The van der Waals surface area contributed by atoms with Crippen LogP contribution in [-0.2, 0) is 5.75 Å². The van der Waals surface area contributed by atoms with Crippen LogP contribution in [-0.4, -0.2) is 25.8 Å².